The molecule has 9 heteroatoms. The third kappa shape index (κ3) is 6.96. The van der Waals surface area contributed by atoms with Crippen LogP contribution in [0.3, 0.4) is 0 Å². The molecule has 0 spiro atoms. The minimum absolute atomic E-state index is 0.0180. The second-order valence-electron chi connectivity index (χ2n) is 5.87. The number of ether oxygens (including phenoxy) is 4. The summed E-state index contributed by atoms with van der Waals surface area (Å²) < 4.78 is 59.6. The van der Waals surface area contributed by atoms with E-state index in [9.17, 15) is 18.0 Å². The lowest BCUT2D eigenvalue weighted by Gasteiger charge is -2.14. The molecule has 0 atom stereocenters. The zero-order valence-electron chi connectivity index (χ0n) is 16.3. The molecule has 0 bridgehead atoms. The molecule has 2 aromatic carbocycles. The Balaban J connectivity index is 2.34. The Morgan fingerprint density at radius 1 is 1.10 bits per heavy atom. The van der Waals surface area contributed by atoms with Crippen molar-refractivity contribution < 1.29 is 36.9 Å². The Kier molecular flexibility index (Phi) is 8.56. The SMILES string of the molecule is CCOC(=O)C=Cc1ccc(OCCOC)cc1Oc1ccc(C(F)(F)F)cc1Cl. The van der Waals surface area contributed by atoms with E-state index >= 15 is 0 Å². The molecule has 0 fully saturated rings. The molecular formula is C21H20ClF3O5. The first-order chi connectivity index (χ1) is 14.2. The van der Waals surface area contributed by atoms with Gasteiger partial charge in [0.1, 0.15) is 23.9 Å². The predicted molar refractivity (Wildman–Crippen MR) is 106 cm³/mol. The highest BCUT2D eigenvalue weighted by atomic mass is 35.5. The van der Waals surface area contributed by atoms with Crippen LogP contribution in [0.4, 0.5) is 13.2 Å². The van der Waals surface area contributed by atoms with E-state index in [1.54, 1.807) is 19.1 Å². The Labute approximate surface area is 176 Å². The normalized spacial score (nSPS) is 11.5. The van der Waals surface area contributed by atoms with Crippen molar-refractivity contribution in [2.45, 2.75) is 13.1 Å². The Morgan fingerprint density at radius 3 is 2.50 bits per heavy atom. The molecule has 0 aliphatic heterocycles. The van der Waals surface area contributed by atoms with Crippen LogP contribution in [0.15, 0.2) is 42.5 Å². The molecule has 0 aromatic heterocycles. The first-order valence-corrected chi connectivity index (χ1v) is 9.27. The molecule has 0 saturated heterocycles. The number of rotatable bonds is 9. The monoisotopic (exact) mass is 444 g/mol. The minimum atomic E-state index is -4.52. The van der Waals surface area contributed by atoms with Crippen LogP contribution in [-0.2, 0) is 20.4 Å². The lowest BCUT2D eigenvalue weighted by molar-refractivity contribution is -0.138. The number of hydrogen-bond donors (Lipinski definition) is 0. The van der Waals surface area contributed by atoms with Gasteiger partial charge in [0, 0.05) is 24.8 Å². The molecule has 30 heavy (non-hydrogen) atoms. The zero-order chi connectivity index (χ0) is 22.1. The van der Waals surface area contributed by atoms with E-state index in [4.69, 9.17) is 30.5 Å². The van der Waals surface area contributed by atoms with E-state index in [1.807, 2.05) is 0 Å². The van der Waals surface area contributed by atoms with Crippen molar-refractivity contribution in [3.63, 3.8) is 0 Å². The van der Waals surface area contributed by atoms with Gasteiger partial charge in [0.25, 0.3) is 0 Å². The fourth-order valence-corrected chi connectivity index (χ4v) is 2.52. The van der Waals surface area contributed by atoms with Gasteiger partial charge in [-0.15, -0.1) is 0 Å². The number of methoxy groups -OCH3 is 1. The molecule has 0 radical (unpaired) electrons. The smallest absolute Gasteiger partial charge is 0.416 e. The summed E-state index contributed by atoms with van der Waals surface area (Å²) in [6.07, 6.45) is -1.85. The first kappa shape index (κ1) is 23.6. The van der Waals surface area contributed by atoms with Crippen molar-refractivity contribution in [1.82, 2.24) is 0 Å². The standard InChI is InChI=1S/C21H20ClF3O5/c1-3-28-20(26)9-5-14-4-7-16(29-11-10-27-2)13-19(14)30-18-8-6-15(12-17(18)22)21(23,24)25/h4-9,12-13H,3,10-11H2,1-2H3. The quantitative estimate of drug-likeness (QED) is 0.280. The van der Waals surface area contributed by atoms with E-state index < -0.39 is 17.7 Å². The number of alkyl halides is 3. The van der Waals surface area contributed by atoms with Crippen LogP contribution in [0.2, 0.25) is 5.02 Å². The number of carbonyl (C=O) groups is 1. The average molecular weight is 445 g/mol. The molecule has 0 aliphatic carbocycles. The van der Waals surface area contributed by atoms with Gasteiger partial charge in [-0.2, -0.15) is 13.2 Å². The molecule has 0 aliphatic rings. The Bertz CT molecular complexity index is 897. The fraction of sp³-hybridized carbons (Fsp3) is 0.286. The van der Waals surface area contributed by atoms with Gasteiger partial charge in [0.05, 0.1) is 23.8 Å². The van der Waals surface area contributed by atoms with Crippen molar-refractivity contribution in [3.05, 3.63) is 58.6 Å². The highest BCUT2D eigenvalue weighted by Crippen LogP contribution is 2.38. The van der Waals surface area contributed by atoms with Crippen LogP contribution in [0.5, 0.6) is 17.2 Å². The summed E-state index contributed by atoms with van der Waals surface area (Å²) in [4.78, 5) is 11.6. The van der Waals surface area contributed by atoms with Crippen molar-refractivity contribution in [2.75, 3.05) is 26.9 Å². The molecule has 0 heterocycles. The van der Waals surface area contributed by atoms with E-state index in [0.717, 1.165) is 18.2 Å². The number of esters is 1. The van der Waals surface area contributed by atoms with Gasteiger partial charge in [-0.3, -0.25) is 0 Å². The largest absolute Gasteiger partial charge is 0.491 e. The van der Waals surface area contributed by atoms with Crippen LogP contribution >= 0.6 is 11.6 Å². The van der Waals surface area contributed by atoms with Crippen LogP contribution in [0, 0.1) is 0 Å². The van der Waals surface area contributed by atoms with Crippen molar-refractivity contribution in [1.29, 1.82) is 0 Å². The molecule has 0 saturated carbocycles. The van der Waals surface area contributed by atoms with E-state index in [1.165, 1.54) is 25.3 Å². The molecule has 0 unspecified atom stereocenters. The van der Waals surface area contributed by atoms with Gasteiger partial charge in [0.2, 0.25) is 0 Å². The highest BCUT2D eigenvalue weighted by Gasteiger charge is 2.31. The van der Waals surface area contributed by atoms with Crippen molar-refractivity contribution in [2.24, 2.45) is 0 Å². The summed E-state index contributed by atoms with van der Waals surface area (Å²) in [5.74, 6) is 0.145. The lowest BCUT2D eigenvalue weighted by Crippen LogP contribution is -2.05. The second kappa shape index (κ2) is 10.9. The maximum atomic E-state index is 12.9. The van der Waals surface area contributed by atoms with Crippen LogP contribution in [-0.4, -0.2) is 32.9 Å². The van der Waals surface area contributed by atoms with E-state index in [-0.39, 0.29) is 29.7 Å². The Hall–Kier alpha value is -2.71. The Morgan fingerprint density at radius 2 is 1.87 bits per heavy atom. The van der Waals surface area contributed by atoms with E-state index in [0.29, 0.717) is 17.9 Å². The molecule has 0 N–H and O–H groups in total. The molecule has 2 aromatic rings. The van der Waals surface area contributed by atoms with Crippen molar-refractivity contribution in [3.8, 4) is 17.2 Å². The topological polar surface area (TPSA) is 54.0 Å². The zero-order valence-corrected chi connectivity index (χ0v) is 17.0. The predicted octanol–water partition coefficient (Wildman–Crippen LogP) is 5.75. The fourth-order valence-electron chi connectivity index (χ4n) is 2.30. The third-order valence-electron chi connectivity index (χ3n) is 3.71. The summed E-state index contributed by atoms with van der Waals surface area (Å²) in [5.41, 5.74) is -0.419. The van der Waals surface area contributed by atoms with Gasteiger partial charge >= 0.3 is 12.1 Å². The second-order valence-corrected chi connectivity index (χ2v) is 6.28. The number of carbonyl (C=O) groups excluding carboxylic acids is 1. The number of hydrogen-bond acceptors (Lipinski definition) is 5. The lowest BCUT2D eigenvalue weighted by atomic mass is 10.1. The van der Waals surface area contributed by atoms with Crippen molar-refractivity contribution >= 4 is 23.6 Å². The average Bonchev–Trinajstić information content (AvgIpc) is 2.68. The molecule has 5 nitrogen and oxygen atoms in total. The molecule has 162 valence electrons. The van der Waals surface area contributed by atoms with Gasteiger partial charge < -0.3 is 18.9 Å². The molecule has 2 rings (SSSR count). The van der Waals surface area contributed by atoms with E-state index in [2.05, 4.69) is 0 Å². The summed E-state index contributed by atoms with van der Waals surface area (Å²) in [6.45, 7) is 2.55. The molecular weight excluding hydrogens is 425 g/mol. The highest BCUT2D eigenvalue weighted by molar-refractivity contribution is 6.32. The number of benzene rings is 2. The summed E-state index contributed by atoms with van der Waals surface area (Å²) in [7, 11) is 1.54. The van der Waals surface area contributed by atoms with Gasteiger partial charge in [-0.1, -0.05) is 11.6 Å². The number of halogens is 4. The van der Waals surface area contributed by atoms with Gasteiger partial charge in [-0.25, -0.2) is 4.79 Å². The molecule has 0 amide bonds. The summed E-state index contributed by atoms with van der Waals surface area (Å²) >= 11 is 5.98. The summed E-state index contributed by atoms with van der Waals surface area (Å²) in [6, 6.07) is 7.60. The maximum absolute atomic E-state index is 12.9. The van der Waals surface area contributed by atoms with Crippen LogP contribution in [0.25, 0.3) is 6.08 Å². The van der Waals surface area contributed by atoms with Crippen LogP contribution < -0.4 is 9.47 Å². The minimum Gasteiger partial charge on any atom is -0.491 e. The third-order valence-corrected chi connectivity index (χ3v) is 4.00. The summed E-state index contributed by atoms with van der Waals surface area (Å²) in [5, 5.41) is -0.212. The first-order valence-electron chi connectivity index (χ1n) is 8.89. The van der Waals surface area contributed by atoms with Gasteiger partial charge in [-0.05, 0) is 43.3 Å². The maximum Gasteiger partial charge on any atom is 0.416 e. The van der Waals surface area contributed by atoms with Gasteiger partial charge in [0.15, 0.2) is 0 Å². The van der Waals surface area contributed by atoms with Crippen LogP contribution in [0.1, 0.15) is 18.1 Å².